The molecule has 0 aliphatic carbocycles. The molecule has 2 N–H and O–H groups in total. The highest BCUT2D eigenvalue weighted by molar-refractivity contribution is 5.82. The Kier molecular flexibility index (Phi) is 7.03. The van der Waals surface area contributed by atoms with Gasteiger partial charge in [-0.05, 0) is 31.7 Å². The molecule has 1 heterocycles. The molecule has 1 aliphatic heterocycles. The van der Waals surface area contributed by atoms with Gasteiger partial charge in [-0.25, -0.2) is 4.79 Å². The number of likely N-dealkylation sites (tertiary alicyclic amines) is 1. The summed E-state index contributed by atoms with van der Waals surface area (Å²) in [6.07, 6.45) is 0.408. The lowest BCUT2D eigenvalue weighted by Gasteiger charge is -2.32. The normalized spacial score (nSPS) is 18.3. The minimum Gasteiger partial charge on any atom is -0.445 e. The van der Waals surface area contributed by atoms with Crippen molar-refractivity contribution in [2.45, 2.75) is 58.8 Å². The van der Waals surface area contributed by atoms with Crippen LogP contribution in [0.4, 0.5) is 4.79 Å². The van der Waals surface area contributed by atoms with Gasteiger partial charge < -0.3 is 20.3 Å². The first kappa shape index (κ1) is 20.2. The van der Waals surface area contributed by atoms with Crippen LogP contribution in [-0.4, -0.2) is 53.0 Å². The van der Waals surface area contributed by atoms with E-state index >= 15 is 0 Å². The van der Waals surface area contributed by atoms with Gasteiger partial charge in [-0.2, -0.15) is 0 Å². The molecule has 26 heavy (non-hydrogen) atoms. The number of hydrogen-bond donors (Lipinski definition) is 1. The van der Waals surface area contributed by atoms with E-state index in [4.69, 9.17) is 10.5 Å². The summed E-state index contributed by atoms with van der Waals surface area (Å²) < 4.78 is 5.50. The predicted molar refractivity (Wildman–Crippen MR) is 101 cm³/mol. The Balaban J connectivity index is 1.97. The molecule has 144 valence electrons. The van der Waals surface area contributed by atoms with Crippen LogP contribution in [0.3, 0.4) is 0 Å². The molecule has 2 atom stereocenters. The second-order valence-electron chi connectivity index (χ2n) is 7.54. The number of carbonyl (C=O) groups excluding carboxylic acids is 2. The molecule has 6 heteroatoms. The van der Waals surface area contributed by atoms with Gasteiger partial charge in [0.15, 0.2) is 0 Å². The Morgan fingerprint density at radius 3 is 2.46 bits per heavy atom. The molecular formula is C20H31N3O3. The molecule has 1 aromatic rings. The molecule has 1 fully saturated rings. The van der Waals surface area contributed by atoms with Gasteiger partial charge in [-0.3, -0.25) is 4.79 Å². The smallest absolute Gasteiger partial charge is 0.410 e. The van der Waals surface area contributed by atoms with Crippen molar-refractivity contribution in [3.8, 4) is 0 Å². The zero-order valence-corrected chi connectivity index (χ0v) is 16.2. The lowest BCUT2D eigenvalue weighted by molar-refractivity contribution is -0.132. The van der Waals surface area contributed by atoms with Crippen molar-refractivity contribution in [2.75, 3.05) is 13.1 Å². The van der Waals surface area contributed by atoms with Gasteiger partial charge >= 0.3 is 6.09 Å². The number of nitrogens with two attached hydrogens (primary N) is 1. The van der Waals surface area contributed by atoms with Crippen LogP contribution in [0.5, 0.6) is 0 Å². The Bertz CT molecular complexity index is 604. The van der Waals surface area contributed by atoms with Crippen molar-refractivity contribution < 1.29 is 14.3 Å². The summed E-state index contributed by atoms with van der Waals surface area (Å²) in [6, 6.07) is 9.08. The van der Waals surface area contributed by atoms with Crippen LogP contribution in [0.15, 0.2) is 30.3 Å². The number of benzene rings is 1. The fourth-order valence-electron chi connectivity index (χ4n) is 3.24. The number of hydrogen-bond acceptors (Lipinski definition) is 4. The van der Waals surface area contributed by atoms with Crippen molar-refractivity contribution >= 4 is 12.0 Å². The second kappa shape index (κ2) is 9.03. The Labute approximate surface area is 156 Å². The molecule has 2 rings (SSSR count). The maximum Gasteiger partial charge on any atom is 0.410 e. The zero-order chi connectivity index (χ0) is 19.3. The number of rotatable bonds is 6. The highest BCUT2D eigenvalue weighted by Gasteiger charge is 2.36. The van der Waals surface area contributed by atoms with Crippen LogP contribution in [0.1, 0.15) is 39.7 Å². The van der Waals surface area contributed by atoms with Gasteiger partial charge in [0.25, 0.3) is 0 Å². The second-order valence-corrected chi connectivity index (χ2v) is 7.54. The molecule has 0 spiro atoms. The average molecular weight is 361 g/mol. The van der Waals surface area contributed by atoms with Gasteiger partial charge in [-0.15, -0.1) is 0 Å². The van der Waals surface area contributed by atoms with Crippen molar-refractivity contribution in [2.24, 2.45) is 11.7 Å². The molecule has 6 nitrogen and oxygen atoms in total. The van der Waals surface area contributed by atoms with E-state index in [0.717, 1.165) is 12.0 Å². The van der Waals surface area contributed by atoms with Gasteiger partial charge in [0, 0.05) is 19.1 Å². The maximum absolute atomic E-state index is 12.6. The third-order valence-corrected chi connectivity index (χ3v) is 4.84. The van der Waals surface area contributed by atoms with Gasteiger partial charge in [0.05, 0.1) is 12.1 Å². The van der Waals surface area contributed by atoms with Gasteiger partial charge in [-0.1, -0.05) is 44.2 Å². The fourth-order valence-corrected chi connectivity index (χ4v) is 3.24. The molecule has 1 unspecified atom stereocenters. The lowest BCUT2D eigenvalue weighted by atomic mass is 10.0. The molecule has 1 aromatic carbocycles. The first-order valence-corrected chi connectivity index (χ1v) is 9.34. The van der Waals surface area contributed by atoms with E-state index in [1.54, 1.807) is 9.80 Å². The topological polar surface area (TPSA) is 75.9 Å². The molecule has 2 amide bonds. The van der Waals surface area contributed by atoms with Crippen LogP contribution < -0.4 is 5.73 Å². The number of amides is 2. The highest BCUT2D eigenvalue weighted by Crippen LogP contribution is 2.21. The summed E-state index contributed by atoms with van der Waals surface area (Å²) in [5.41, 5.74) is 6.95. The maximum atomic E-state index is 12.6. The van der Waals surface area contributed by atoms with E-state index < -0.39 is 6.04 Å². The predicted octanol–water partition coefficient (Wildman–Crippen LogP) is 2.62. The quantitative estimate of drug-likeness (QED) is 0.845. The Hall–Kier alpha value is -2.08. The third kappa shape index (κ3) is 4.97. The van der Waals surface area contributed by atoms with Crippen LogP contribution in [0, 0.1) is 5.92 Å². The van der Waals surface area contributed by atoms with Crippen molar-refractivity contribution in [3.05, 3.63) is 35.9 Å². The molecular weight excluding hydrogens is 330 g/mol. The fraction of sp³-hybridized carbons (Fsp3) is 0.600. The van der Waals surface area contributed by atoms with E-state index in [-0.39, 0.29) is 36.6 Å². The van der Waals surface area contributed by atoms with Crippen LogP contribution in [-0.2, 0) is 16.1 Å². The number of ether oxygens (including phenoxy) is 1. The summed E-state index contributed by atoms with van der Waals surface area (Å²) in [6.45, 7) is 9.20. The van der Waals surface area contributed by atoms with Gasteiger partial charge in [0.2, 0.25) is 5.91 Å². The lowest BCUT2D eigenvalue weighted by Crippen LogP contribution is -2.49. The molecule has 0 aromatic heterocycles. The first-order chi connectivity index (χ1) is 12.3. The number of nitrogens with zero attached hydrogens (tertiary/aromatic N) is 2. The number of carbonyl (C=O) groups is 2. The Morgan fingerprint density at radius 2 is 1.88 bits per heavy atom. The molecule has 0 bridgehead atoms. The monoisotopic (exact) mass is 361 g/mol. The van der Waals surface area contributed by atoms with Crippen LogP contribution >= 0.6 is 0 Å². The van der Waals surface area contributed by atoms with Crippen molar-refractivity contribution in [3.63, 3.8) is 0 Å². The summed E-state index contributed by atoms with van der Waals surface area (Å²) in [7, 11) is 0. The molecule has 1 aliphatic rings. The summed E-state index contributed by atoms with van der Waals surface area (Å²) in [4.78, 5) is 28.6. The molecule has 0 radical (unpaired) electrons. The Morgan fingerprint density at radius 1 is 1.23 bits per heavy atom. The van der Waals surface area contributed by atoms with Crippen LogP contribution in [0.2, 0.25) is 0 Å². The zero-order valence-electron chi connectivity index (χ0n) is 16.2. The van der Waals surface area contributed by atoms with E-state index in [9.17, 15) is 9.59 Å². The minimum absolute atomic E-state index is 0.00269. The highest BCUT2D eigenvalue weighted by atomic mass is 16.6. The summed E-state index contributed by atoms with van der Waals surface area (Å²) in [5.74, 6) is 0.0578. The van der Waals surface area contributed by atoms with E-state index in [1.807, 2.05) is 58.0 Å². The average Bonchev–Trinajstić information content (AvgIpc) is 3.08. The standard InChI is InChI=1S/C20H31N3O3/c1-14(2)18(21)19(24)22-11-10-17(12-22)23(15(3)4)20(25)26-13-16-8-6-5-7-9-16/h5-9,14-15,17-18H,10-13,21H2,1-4H3/t17?,18-/m0/s1. The van der Waals surface area contributed by atoms with E-state index in [1.165, 1.54) is 0 Å². The van der Waals surface area contributed by atoms with Gasteiger partial charge in [0.1, 0.15) is 6.61 Å². The minimum atomic E-state index is -0.494. The van der Waals surface area contributed by atoms with Crippen LogP contribution in [0.25, 0.3) is 0 Å². The third-order valence-electron chi connectivity index (χ3n) is 4.84. The SMILES string of the molecule is CC(C)[C@H](N)C(=O)N1CCC(N(C(=O)OCc2ccccc2)C(C)C)C1. The first-order valence-electron chi connectivity index (χ1n) is 9.34. The summed E-state index contributed by atoms with van der Waals surface area (Å²) >= 11 is 0. The van der Waals surface area contributed by atoms with E-state index in [2.05, 4.69) is 0 Å². The molecule has 0 saturated carbocycles. The summed E-state index contributed by atoms with van der Waals surface area (Å²) in [5, 5.41) is 0. The molecule has 1 saturated heterocycles. The van der Waals surface area contributed by atoms with Crippen molar-refractivity contribution in [1.82, 2.24) is 9.80 Å². The largest absolute Gasteiger partial charge is 0.445 e. The van der Waals surface area contributed by atoms with E-state index in [0.29, 0.717) is 13.1 Å². The van der Waals surface area contributed by atoms with Crippen molar-refractivity contribution in [1.29, 1.82) is 0 Å².